The van der Waals surface area contributed by atoms with Gasteiger partial charge in [0.2, 0.25) is 11.9 Å². The van der Waals surface area contributed by atoms with Crippen LogP contribution in [-0.4, -0.2) is 30.7 Å². The van der Waals surface area contributed by atoms with E-state index in [1.807, 2.05) is 6.07 Å². The average Bonchev–Trinajstić information content (AvgIpc) is 2.82. The van der Waals surface area contributed by atoms with Gasteiger partial charge in [-0.3, -0.25) is 4.90 Å². The second-order valence-corrected chi connectivity index (χ2v) is 9.40. The third kappa shape index (κ3) is 4.24. The first kappa shape index (κ1) is 21.6. The van der Waals surface area contributed by atoms with Crippen molar-refractivity contribution in [1.82, 2.24) is 0 Å². The number of para-hydroxylation sites is 1. The minimum absolute atomic E-state index is 0.292. The van der Waals surface area contributed by atoms with E-state index >= 15 is 0 Å². The summed E-state index contributed by atoms with van der Waals surface area (Å²) in [4.78, 5) is 11.2. The van der Waals surface area contributed by atoms with E-state index in [0.29, 0.717) is 18.0 Å². The molecule has 2 aromatic rings. The second kappa shape index (κ2) is 8.96. The molecule has 0 saturated heterocycles. The summed E-state index contributed by atoms with van der Waals surface area (Å²) >= 11 is 0. The van der Waals surface area contributed by atoms with Crippen LogP contribution in [0.4, 0.5) is 11.4 Å². The van der Waals surface area contributed by atoms with Crippen molar-refractivity contribution in [2.24, 2.45) is 21.5 Å². The molecule has 7 nitrogen and oxygen atoms in total. The number of aliphatic imine (C=N–C) groups is 2. The number of anilines is 2. The average molecular weight is 447 g/mol. The Hall–Kier alpha value is -3.22. The van der Waals surface area contributed by atoms with Crippen molar-refractivity contribution < 1.29 is 4.74 Å². The van der Waals surface area contributed by atoms with E-state index in [1.54, 1.807) is 7.11 Å². The predicted molar refractivity (Wildman–Crippen MR) is 135 cm³/mol. The van der Waals surface area contributed by atoms with Gasteiger partial charge in [0.15, 0.2) is 0 Å². The lowest BCUT2D eigenvalue weighted by atomic mass is 9.87. The summed E-state index contributed by atoms with van der Waals surface area (Å²) in [7, 11) is 1.73. The van der Waals surface area contributed by atoms with Crippen LogP contribution < -0.4 is 26.4 Å². The molecule has 0 radical (unpaired) electrons. The monoisotopic (exact) mass is 446 g/mol. The summed E-state index contributed by atoms with van der Waals surface area (Å²) in [6.07, 6.45) is 9.61. The number of benzene rings is 2. The number of guanidine groups is 2. The number of nitrogens with zero attached hydrogens (tertiary/aromatic N) is 3. The van der Waals surface area contributed by atoms with E-state index in [4.69, 9.17) is 21.2 Å². The third-order valence-electron chi connectivity index (χ3n) is 7.24. The molecule has 5 rings (SSSR count). The normalized spacial score (nSPS) is 21.6. The van der Waals surface area contributed by atoms with Gasteiger partial charge in [-0.05, 0) is 80.7 Å². The molecule has 0 amide bonds. The van der Waals surface area contributed by atoms with Crippen molar-refractivity contribution in [3.05, 3.63) is 53.6 Å². The number of nitrogens with one attached hydrogen (secondary N) is 1. The summed E-state index contributed by atoms with van der Waals surface area (Å²) in [5, 5.41) is 3.72. The third-order valence-corrected chi connectivity index (χ3v) is 7.24. The Morgan fingerprint density at radius 2 is 1.94 bits per heavy atom. The fourth-order valence-electron chi connectivity index (χ4n) is 5.63. The first-order valence-corrected chi connectivity index (χ1v) is 12.1. The lowest BCUT2D eigenvalue weighted by Crippen LogP contribution is -2.58. The molecule has 1 saturated carbocycles. The van der Waals surface area contributed by atoms with Crippen LogP contribution in [0.15, 0.2) is 52.4 Å². The number of nitrogens with two attached hydrogens (primary N) is 2. The van der Waals surface area contributed by atoms with Crippen molar-refractivity contribution in [2.45, 2.75) is 69.5 Å². The highest BCUT2D eigenvalue weighted by Gasteiger charge is 2.42. The van der Waals surface area contributed by atoms with Crippen molar-refractivity contribution in [3.63, 3.8) is 0 Å². The molecule has 1 spiro atoms. The Kier molecular flexibility index (Phi) is 5.87. The van der Waals surface area contributed by atoms with Crippen LogP contribution in [-0.2, 0) is 12.8 Å². The molecular weight excluding hydrogens is 412 g/mol. The molecule has 7 heteroatoms. The fraction of sp³-hybridized carbons (Fsp3) is 0.462. The molecule has 1 fully saturated rings. The highest BCUT2D eigenvalue weighted by atomic mass is 16.5. The first-order valence-electron chi connectivity index (χ1n) is 12.1. The lowest BCUT2D eigenvalue weighted by molar-refractivity contribution is 0.305. The Bertz CT molecular complexity index is 1060. The maximum absolute atomic E-state index is 6.41. The molecule has 1 unspecified atom stereocenters. The molecule has 3 aliphatic rings. The number of fused-ring (bicyclic) bond motifs is 1. The Morgan fingerprint density at radius 1 is 1.12 bits per heavy atom. The maximum Gasteiger partial charge on any atom is 0.220 e. The topological polar surface area (TPSA) is 101 Å². The largest absolute Gasteiger partial charge is 0.495 e. The number of aryl methyl sites for hydroxylation is 2. The van der Waals surface area contributed by atoms with Crippen LogP contribution in [0.25, 0.3) is 0 Å². The van der Waals surface area contributed by atoms with E-state index in [1.165, 1.54) is 17.5 Å². The van der Waals surface area contributed by atoms with Crippen molar-refractivity contribution in [3.8, 4) is 5.75 Å². The number of hydrogen-bond donors (Lipinski definition) is 3. The fourth-order valence-corrected chi connectivity index (χ4v) is 5.63. The van der Waals surface area contributed by atoms with Crippen LogP contribution in [0.5, 0.6) is 5.75 Å². The Balaban J connectivity index is 1.32. The van der Waals surface area contributed by atoms with Gasteiger partial charge in [-0.1, -0.05) is 30.7 Å². The van der Waals surface area contributed by atoms with Crippen LogP contribution in [0.2, 0.25) is 0 Å². The highest BCUT2D eigenvalue weighted by molar-refractivity contribution is 6.05. The van der Waals surface area contributed by atoms with E-state index in [0.717, 1.165) is 68.5 Å². The van der Waals surface area contributed by atoms with E-state index in [9.17, 15) is 0 Å². The summed E-state index contributed by atoms with van der Waals surface area (Å²) < 4.78 is 5.57. The number of rotatable bonds is 5. The minimum Gasteiger partial charge on any atom is -0.495 e. The van der Waals surface area contributed by atoms with Gasteiger partial charge < -0.3 is 21.5 Å². The molecular formula is C26H34N6O. The molecule has 5 N–H and O–H groups in total. The molecule has 1 aliphatic carbocycles. The summed E-state index contributed by atoms with van der Waals surface area (Å²) in [6, 6.07) is 15.4. The minimum atomic E-state index is -0.405. The van der Waals surface area contributed by atoms with Gasteiger partial charge in [-0.25, -0.2) is 4.99 Å². The van der Waals surface area contributed by atoms with Crippen molar-refractivity contribution >= 4 is 23.3 Å². The molecule has 2 heterocycles. The maximum atomic E-state index is 6.41. The van der Waals surface area contributed by atoms with Gasteiger partial charge >= 0.3 is 0 Å². The first-order chi connectivity index (χ1) is 16.1. The molecule has 0 aromatic heterocycles. The SMILES string of the molecule is COc1cccc2c1NC(CCc1cccc(N3C(N)=NC(N)=NC34CCCCC4)c1)CC2. The summed E-state index contributed by atoms with van der Waals surface area (Å²) in [6.45, 7) is 0. The number of hydrogen-bond acceptors (Lipinski definition) is 7. The summed E-state index contributed by atoms with van der Waals surface area (Å²) in [5.41, 5.74) is 16.9. The van der Waals surface area contributed by atoms with Crippen LogP contribution in [0.3, 0.4) is 0 Å². The van der Waals surface area contributed by atoms with E-state index < -0.39 is 5.66 Å². The quantitative estimate of drug-likeness (QED) is 0.640. The number of ether oxygens (including phenoxy) is 1. The number of methoxy groups -OCH3 is 1. The molecule has 174 valence electrons. The Morgan fingerprint density at radius 3 is 2.76 bits per heavy atom. The van der Waals surface area contributed by atoms with Crippen LogP contribution in [0, 0.1) is 0 Å². The molecule has 2 aromatic carbocycles. The zero-order chi connectivity index (χ0) is 22.8. The van der Waals surface area contributed by atoms with E-state index in [2.05, 4.69) is 51.6 Å². The Labute approximate surface area is 195 Å². The van der Waals surface area contributed by atoms with Crippen molar-refractivity contribution in [2.75, 3.05) is 17.3 Å². The molecule has 1 atom stereocenters. The zero-order valence-electron chi connectivity index (χ0n) is 19.4. The predicted octanol–water partition coefficient (Wildman–Crippen LogP) is 4.16. The molecule has 0 bridgehead atoms. The van der Waals surface area contributed by atoms with Crippen LogP contribution in [0.1, 0.15) is 56.1 Å². The van der Waals surface area contributed by atoms with E-state index in [-0.39, 0.29) is 0 Å². The van der Waals surface area contributed by atoms with Gasteiger partial charge in [-0.2, -0.15) is 4.99 Å². The lowest BCUT2D eigenvalue weighted by Gasteiger charge is -2.45. The van der Waals surface area contributed by atoms with Gasteiger partial charge in [0.1, 0.15) is 11.4 Å². The van der Waals surface area contributed by atoms with Gasteiger partial charge in [-0.15, -0.1) is 0 Å². The van der Waals surface area contributed by atoms with Crippen molar-refractivity contribution in [1.29, 1.82) is 0 Å². The van der Waals surface area contributed by atoms with Crippen LogP contribution >= 0.6 is 0 Å². The van der Waals surface area contributed by atoms with Gasteiger partial charge in [0.05, 0.1) is 12.8 Å². The second-order valence-electron chi connectivity index (χ2n) is 9.40. The smallest absolute Gasteiger partial charge is 0.220 e. The molecule has 33 heavy (non-hydrogen) atoms. The highest BCUT2D eigenvalue weighted by Crippen LogP contribution is 2.40. The standard InChI is InChI=1S/C26H34N6O/c1-33-22-10-6-8-19-12-14-20(29-23(19)22)13-11-18-7-5-9-21(17-18)32-25(28)30-24(27)31-26(32)15-3-2-4-16-26/h5-10,17,20,29H,2-4,11-16H2,1H3,(H4,27,28,30,31). The van der Waals surface area contributed by atoms with Gasteiger partial charge in [0.25, 0.3) is 0 Å². The summed E-state index contributed by atoms with van der Waals surface area (Å²) in [5.74, 6) is 1.66. The molecule has 2 aliphatic heterocycles. The van der Waals surface area contributed by atoms with Gasteiger partial charge in [0, 0.05) is 11.7 Å². The zero-order valence-corrected chi connectivity index (χ0v) is 19.4.